The van der Waals surface area contributed by atoms with Gasteiger partial charge in [-0.25, -0.2) is 0 Å². The quantitative estimate of drug-likeness (QED) is 0.427. The topological polar surface area (TPSA) is 86.2 Å². The first-order chi connectivity index (χ1) is 7.52. The van der Waals surface area contributed by atoms with Crippen molar-refractivity contribution in [2.24, 2.45) is 11.5 Å². The Morgan fingerprint density at radius 3 is 1.50 bits per heavy atom. The highest BCUT2D eigenvalue weighted by Gasteiger charge is 2.19. The van der Waals surface area contributed by atoms with Crippen LogP contribution < -0.4 is 11.5 Å². The molecule has 8 heteroatoms. The number of rotatable bonds is 6. The lowest BCUT2D eigenvalue weighted by Gasteiger charge is -2.09. The van der Waals surface area contributed by atoms with E-state index in [1.165, 1.54) is 0 Å². The van der Waals surface area contributed by atoms with Crippen LogP contribution >= 0.6 is 46.8 Å². The van der Waals surface area contributed by atoms with E-state index in [1.807, 2.05) is 0 Å². The second kappa shape index (κ2) is 9.67. The maximum atomic E-state index is 11.4. The molecule has 0 aromatic rings. The van der Waals surface area contributed by atoms with Crippen molar-refractivity contribution in [3.8, 4) is 0 Å². The molecule has 0 aliphatic carbocycles. The predicted molar refractivity (Wildman–Crippen MR) is 78.1 cm³/mol. The van der Waals surface area contributed by atoms with Crippen LogP contribution in [0, 0.1) is 0 Å². The van der Waals surface area contributed by atoms with E-state index in [0.29, 0.717) is 24.3 Å². The minimum absolute atomic E-state index is 0.217. The monoisotopic (exact) mass is 300 g/mol. The van der Waals surface area contributed by atoms with Gasteiger partial charge in [-0.1, -0.05) is 0 Å². The first-order valence-corrected chi connectivity index (χ1v) is 8.09. The molecule has 0 amide bonds. The zero-order valence-electron chi connectivity index (χ0n) is 8.67. The summed E-state index contributed by atoms with van der Waals surface area (Å²) in [4.78, 5) is 22.8. The van der Waals surface area contributed by atoms with Gasteiger partial charge in [0.2, 0.25) is 10.2 Å². The van der Waals surface area contributed by atoms with E-state index in [9.17, 15) is 9.59 Å². The van der Waals surface area contributed by atoms with Crippen LogP contribution in [0.2, 0.25) is 0 Å². The van der Waals surface area contributed by atoms with E-state index in [0.717, 1.165) is 21.6 Å². The van der Waals surface area contributed by atoms with Gasteiger partial charge in [-0.05, 0) is 45.9 Å². The molecular weight excluding hydrogens is 284 g/mol. The Bertz CT molecular complexity index is 216. The lowest BCUT2D eigenvalue weighted by Crippen LogP contribution is -2.30. The Morgan fingerprint density at radius 2 is 1.25 bits per heavy atom. The van der Waals surface area contributed by atoms with Gasteiger partial charge in [-0.3, -0.25) is 9.59 Å². The molecule has 0 unspecified atom stereocenters. The zero-order valence-corrected chi connectivity index (χ0v) is 12.1. The molecule has 0 aliphatic heterocycles. The van der Waals surface area contributed by atoms with Gasteiger partial charge < -0.3 is 11.5 Å². The van der Waals surface area contributed by atoms with E-state index < -0.39 is 12.1 Å². The smallest absolute Gasteiger partial charge is 0.216 e. The molecule has 0 radical (unpaired) electrons. The maximum Gasteiger partial charge on any atom is 0.216 e. The average Bonchev–Trinajstić information content (AvgIpc) is 2.25. The third-order valence-electron chi connectivity index (χ3n) is 1.69. The summed E-state index contributed by atoms with van der Waals surface area (Å²) < 4.78 is 0. The minimum atomic E-state index is -0.566. The summed E-state index contributed by atoms with van der Waals surface area (Å²) in [5.41, 5.74) is 11.1. The molecule has 0 aromatic carbocycles. The molecule has 0 rings (SSSR count). The molecule has 4 nitrogen and oxygen atoms in total. The summed E-state index contributed by atoms with van der Waals surface area (Å²) in [6, 6.07) is -1.13. The number of thiol groups is 2. The first-order valence-electron chi connectivity index (χ1n) is 4.68. The molecule has 0 heterocycles. The summed E-state index contributed by atoms with van der Waals surface area (Å²) in [5, 5.41) is -0.434. The largest absolute Gasteiger partial charge is 0.321 e. The summed E-state index contributed by atoms with van der Waals surface area (Å²) >= 11 is 7.96. The van der Waals surface area contributed by atoms with Crippen molar-refractivity contribution in [3.05, 3.63) is 0 Å². The number of hydrogen-bond donors (Lipinski definition) is 4. The van der Waals surface area contributed by atoms with Crippen LogP contribution in [0.3, 0.4) is 0 Å². The normalized spacial score (nSPS) is 14.5. The van der Waals surface area contributed by atoms with Crippen molar-refractivity contribution in [1.82, 2.24) is 0 Å². The lowest BCUT2D eigenvalue weighted by molar-refractivity contribution is -0.113. The fourth-order valence-corrected chi connectivity index (χ4v) is 3.16. The van der Waals surface area contributed by atoms with Gasteiger partial charge in [0, 0.05) is 0 Å². The highest BCUT2D eigenvalue weighted by molar-refractivity contribution is 8.87. The van der Waals surface area contributed by atoms with Gasteiger partial charge in [-0.2, -0.15) is 25.3 Å². The predicted octanol–water partition coefficient (Wildman–Crippen LogP) is 0.715. The summed E-state index contributed by atoms with van der Waals surface area (Å²) in [7, 11) is 1.70. The molecule has 0 fully saturated rings. The fourth-order valence-electron chi connectivity index (χ4n) is 0.720. The summed E-state index contributed by atoms with van der Waals surface area (Å²) in [5.74, 6) is 1.09. The fraction of sp³-hybridized carbons (Fsp3) is 0.750. The molecule has 0 bridgehead atoms. The van der Waals surface area contributed by atoms with Crippen LogP contribution in [0.15, 0.2) is 0 Å². The highest BCUT2D eigenvalue weighted by Crippen LogP contribution is 2.26. The molecule has 16 heavy (non-hydrogen) atoms. The molecular formula is C8H16N2O2S4. The SMILES string of the molecule is N[C@@H](CCS)C(=O)SSC(=O)[C@@H](N)CCS. The Morgan fingerprint density at radius 1 is 0.938 bits per heavy atom. The van der Waals surface area contributed by atoms with Gasteiger partial charge in [0.1, 0.15) is 0 Å². The van der Waals surface area contributed by atoms with Crippen LogP contribution in [0.5, 0.6) is 0 Å². The molecule has 0 spiro atoms. The molecule has 0 aliphatic rings. The van der Waals surface area contributed by atoms with E-state index in [4.69, 9.17) is 11.5 Å². The number of nitrogens with two attached hydrogens (primary N) is 2. The van der Waals surface area contributed by atoms with Crippen molar-refractivity contribution in [2.45, 2.75) is 24.9 Å². The minimum Gasteiger partial charge on any atom is -0.321 e. The van der Waals surface area contributed by atoms with Crippen LogP contribution in [0.25, 0.3) is 0 Å². The molecule has 94 valence electrons. The number of hydrogen-bond acceptors (Lipinski definition) is 8. The second-order valence-electron chi connectivity index (χ2n) is 3.04. The molecule has 0 aromatic heterocycles. The Hall–Kier alpha value is 0.660. The van der Waals surface area contributed by atoms with Crippen molar-refractivity contribution in [2.75, 3.05) is 11.5 Å². The first kappa shape index (κ1) is 16.7. The van der Waals surface area contributed by atoms with E-state index in [1.54, 1.807) is 0 Å². The second-order valence-corrected chi connectivity index (χ2v) is 6.07. The molecule has 0 saturated heterocycles. The van der Waals surface area contributed by atoms with Gasteiger partial charge in [-0.15, -0.1) is 0 Å². The number of carbonyl (C=O) groups is 2. The summed E-state index contributed by atoms with van der Waals surface area (Å²) in [6.45, 7) is 0. The standard InChI is InChI=1S/C8H16N2O2S4/c9-5(1-3-13)7(11)15-16-8(12)6(10)2-4-14/h5-6,13-14H,1-4,9-10H2/t5-,6-/m0/s1. The Balaban J connectivity index is 3.87. The third-order valence-corrected chi connectivity index (χ3v) is 4.46. The van der Waals surface area contributed by atoms with Gasteiger partial charge in [0.25, 0.3) is 0 Å². The van der Waals surface area contributed by atoms with Crippen LogP contribution in [-0.4, -0.2) is 33.8 Å². The van der Waals surface area contributed by atoms with E-state index in [-0.39, 0.29) is 10.2 Å². The van der Waals surface area contributed by atoms with Crippen LogP contribution in [0.4, 0.5) is 0 Å². The van der Waals surface area contributed by atoms with Crippen molar-refractivity contribution >= 4 is 57.1 Å². The van der Waals surface area contributed by atoms with E-state index in [2.05, 4.69) is 25.3 Å². The lowest BCUT2D eigenvalue weighted by atomic mass is 10.3. The third kappa shape index (κ3) is 7.08. The highest BCUT2D eigenvalue weighted by atomic mass is 33.1. The molecule has 0 saturated carbocycles. The van der Waals surface area contributed by atoms with Gasteiger partial charge in [0.05, 0.1) is 12.1 Å². The average molecular weight is 300 g/mol. The van der Waals surface area contributed by atoms with Gasteiger partial charge in [0.15, 0.2) is 0 Å². The van der Waals surface area contributed by atoms with Crippen molar-refractivity contribution in [3.63, 3.8) is 0 Å². The zero-order chi connectivity index (χ0) is 12.6. The van der Waals surface area contributed by atoms with Gasteiger partial charge >= 0.3 is 0 Å². The molecule has 2 atom stereocenters. The molecule has 4 N–H and O–H groups in total. The maximum absolute atomic E-state index is 11.4. The summed E-state index contributed by atoms with van der Waals surface area (Å²) in [6.07, 6.45) is 1.01. The van der Waals surface area contributed by atoms with E-state index >= 15 is 0 Å². The Kier molecular flexibility index (Phi) is 10.1. The van der Waals surface area contributed by atoms with Crippen molar-refractivity contribution < 1.29 is 9.59 Å². The number of carbonyl (C=O) groups excluding carboxylic acids is 2. The van der Waals surface area contributed by atoms with Crippen LogP contribution in [-0.2, 0) is 9.59 Å². The van der Waals surface area contributed by atoms with Crippen molar-refractivity contribution in [1.29, 1.82) is 0 Å². The Labute approximate surface area is 114 Å². The van der Waals surface area contributed by atoms with Crippen LogP contribution in [0.1, 0.15) is 12.8 Å².